The standard InChI is InChI=1S/C25H27N3O7/c1-16-15-19(34-2)7-8-20(16)23(29)21-22(17-3-5-18(6-4-17)28(32)33)27(25(31)24(21)30)10-9-26-11-13-35-14-12-26/h3-8,15,22,29H,9-14H2,1-2H3. The van der Waals surface area contributed by atoms with Crippen LogP contribution in [-0.2, 0) is 14.3 Å². The molecular formula is C25H27N3O7. The van der Waals surface area contributed by atoms with Crippen molar-refractivity contribution in [2.75, 3.05) is 46.5 Å². The van der Waals surface area contributed by atoms with Crippen molar-refractivity contribution >= 4 is 23.1 Å². The lowest BCUT2D eigenvalue weighted by molar-refractivity contribution is -0.384. The Morgan fingerprint density at radius 2 is 1.83 bits per heavy atom. The van der Waals surface area contributed by atoms with Crippen LogP contribution in [0.4, 0.5) is 5.69 Å². The second kappa shape index (κ2) is 10.2. The highest BCUT2D eigenvalue weighted by molar-refractivity contribution is 6.46. The Balaban J connectivity index is 1.77. The van der Waals surface area contributed by atoms with Crippen LogP contribution in [0.5, 0.6) is 5.75 Å². The molecule has 1 atom stereocenters. The molecule has 2 fully saturated rings. The normalized spacial score (nSPS) is 20.3. The van der Waals surface area contributed by atoms with E-state index < -0.39 is 22.7 Å². The maximum absolute atomic E-state index is 13.2. The van der Waals surface area contributed by atoms with Gasteiger partial charge in [-0.3, -0.25) is 24.6 Å². The quantitative estimate of drug-likeness (QED) is 0.211. The number of benzene rings is 2. The minimum atomic E-state index is -0.877. The zero-order valence-electron chi connectivity index (χ0n) is 19.6. The van der Waals surface area contributed by atoms with E-state index >= 15 is 0 Å². The van der Waals surface area contributed by atoms with Crippen molar-refractivity contribution in [1.82, 2.24) is 9.80 Å². The van der Waals surface area contributed by atoms with Crippen LogP contribution < -0.4 is 4.74 Å². The summed E-state index contributed by atoms with van der Waals surface area (Å²) in [5.74, 6) is -1.20. The smallest absolute Gasteiger partial charge is 0.295 e. The van der Waals surface area contributed by atoms with E-state index in [2.05, 4.69) is 4.90 Å². The molecule has 35 heavy (non-hydrogen) atoms. The number of amides is 1. The van der Waals surface area contributed by atoms with Crippen LogP contribution in [0.1, 0.15) is 22.7 Å². The minimum absolute atomic E-state index is 0.0425. The molecule has 2 aliphatic rings. The van der Waals surface area contributed by atoms with Crippen LogP contribution in [0.2, 0.25) is 0 Å². The molecular weight excluding hydrogens is 454 g/mol. The Hall–Kier alpha value is -3.76. The second-order valence-electron chi connectivity index (χ2n) is 8.48. The van der Waals surface area contributed by atoms with Crippen molar-refractivity contribution in [2.45, 2.75) is 13.0 Å². The van der Waals surface area contributed by atoms with Gasteiger partial charge in [0.2, 0.25) is 0 Å². The van der Waals surface area contributed by atoms with Gasteiger partial charge in [-0.1, -0.05) is 0 Å². The number of hydrogen-bond donors (Lipinski definition) is 1. The molecule has 10 nitrogen and oxygen atoms in total. The fourth-order valence-corrected chi connectivity index (χ4v) is 4.48. The average Bonchev–Trinajstić information content (AvgIpc) is 3.12. The molecule has 2 aromatic carbocycles. The number of ketones is 1. The zero-order valence-corrected chi connectivity index (χ0v) is 19.6. The number of non-ortho nitro benzene ring substituents is 1. The van der Waals surface area contributed by atoms with E-state index in [1.165, 1.54) is 36.3 Å². The molecule has 1 N–H and O–H groups in total. The highest BCUT2D eigenvalue weighted by Crippen LogP contribution is 2.40. The average molecular weight is 482 g/mol. The number of morpholine rings is 1. The maximum atomic E-state index is 13.2. The van der Waals surface area contributed by atoms with E-state index in [-0.39, 0.29) is 23.6 Å². The van der Waals surface area contributed by atoms with Gasteiger partial charge in [0.05, 0.1) is 36.9 Å². The molecule has 1 unspecified atom stereocenters. The highest BCUT2D eigenvalue weighted by Gasteiger charge is 2.46. The molecule has 0 saturated carbocycles. The van der Waals surface area contributed by atoms with Gasteiger partial charge in [0.15, 0.2) is 0 Å². The lowest BCUT2D eigenvalue weighted by Crippen LogP contribution is -2.42. The summed E-state index contributed by atoms with van der Waals surface area (Å²) >= 11 is 0. The number of nitro groups is 1. The number of carbonyl (C=O) groups excluding carboxylic acids is 2. The molecule has 0 aromatic heterocycles. The molecule has 4 rings (SSSR count). The van der Waals surface area contributed by atoms with Gasteiger partial charge < -0.3 is 19.5 Å². The van der Waals surface area contributed by atoms with Crippen molar-refractivity contribution in [1.29, 1.82) is 0 Å². The van der Waals surface area contributed by atoms with Gasteiger partial charge in [-0.05, 0) is 48.4 Å². The van der Waals surface area contributed by atoms with Gasteiger partial charge in [0.25, 0.3) is 17.4 Å². The molecule has 2 aromatic rings. The van der Waals surface area contributed by atoms with Crippen LogP contribution in [0, 0.1) is 17.0 Å². The van der Waals surface area contributed by atoms with E-state index in [4.69, 9.17) is 9.47 Å². The number of rotatable bonds is 7. The summed E-state index contributed by atoms with van der Waals surface area (Å²) in [5, 5.41) is 22.4. The third-order valence-electron chi connectivity index (χ3n) is 6.41. The van der Waals surface area contributed by atoms with Gasteiger partial charge in [0.1, 0.15) is 11.5 Å². The molecule has 2 saturated heterocycles. The number of likely N-dealkylation sites (tertiary alicyclic amines) is 1. The first-order valence-electron chi connectivity index (χ1n) is 11.3. The molecule has 2 aliphatic heterocycles. The summed E-state index contributed by atoms with van der Waals surface area (Å²) < 4.78 is 10.6. The second-order valence-corrected chi connectivity index (χ2v) is 8.48. The number of hydrogen-bond acceptors (Lipinski definition) is 8. The predicted molar refractivity (Wildman–Crippen MR) is 127 cm³/mol. The van der Waals surface area contributed by atoms with Crippen molar-refractivity contribution in [3.63, 3.8) is 0 Å². The van der Waals surface area contributed by atoms with E-state index in [0.717, 1.165) is 13.1 Å². The summed E-state index contributed by atoms with van der Waals surface area (Å²) in [6.45, 7) is 5.19. The predicted octanol–water partition coefficient (Wildman–Crippen LogP) is 2.67. The molecule has 0 spiro atoms. The van der Waals surface area contributed by atoms with Gasteiger partial charge in [-0.2, -0.15) is 0 Å². The largest absolute Gasteiger partial charge is 0.507 e. The minimum Gasteiger partial charge on any atom is -0.507 e. The highest BCUT2D eigenvalue weighted by atomic mass is 16.6. The molecule has 1 amide bonds. The van der Waals surface area contributed by atoms with Gasteiger partial charge >= 0.3 is 0 Å². The summed E-state index contributed by atoms with van der Waals surface area (Å²) in [5.41, 5.74) is 1.43. The molecule has 10 heteroatoms. The zero-order chi connectivity index (χ0) is 25.1. The number of aliphatic hydroxyl groups excluding tert-OH is 1. The summed E-state index contributed by atoms with van der Waals surface area (Å²) in [6.07, 6.45) is 0. The maximum Gasteiger partial charge on any atom is 0.295 e. The monoisotopic (exact) mass is 481 g/mol. The number of aliphatic hydroxyl groups is 1. The topological polar surface area (TPSA) is 122 Å². The molecule has 0 aliphatic carbocycles. The Bertz CT molecular complexity index is 1170. The fourth-order valence-electron chi connectivity index (χ4n) is 4.48. The Labute approximate surface area is 202 Å². The Kier molecular flexibility index (Phi) is 7.13. The van der Waals surface area contributed by atoms with Gasteiger partial charge in [-0.15, -0.1) is 0 Å². The number of aryl methyl sites for hydroxylation is 1. The SMILES string of the molecule is COc1ccc(C(O)=C2C(=O)C(=O)N(CCN3CCOCC3)C2c2ccc([N+](=O)[O-])cc2)c(C)c1. The van der Waals surface area contributed by atoms with E-state index in [1.807, 2.05) is 0 Å². The summed E-state index contributed by atoms with van der Waals surface area (Å²) in [7, 11) is 1.53. The van der Waals surface area contributed by atoms with E-state index in [9.17, 15) is 24.8 Å². The van der Waals surface area contributed by atoms with Crippen molar-refractivity contribution in [3.05, 3.63) is 74.8 Å². The van der Waals surface area contributed by atoms with Crippen molar-refractivity contribution < 1.29 is 29.1 Å². The van der Waals surface area contributed by atoms with Crippen LogP contribution >= 0.6 is 0 Å². The van der Waals surface area contributed by atoms with Crippen LogP contribution in [0.3, 0.4) is 0 Å². The lowest BCUT2D eigenvalue weighted by atomic mass is 9.93. The fraction of sp³-hybridized carbons (Fsp3) is 0.360. The third-order valence-corrected chi connectivity index (χ3v) is 6.41. The number of Topliss-reactive ketones (excluding diaryl/α,β-unsaturated/α-hetero) is 1. The number of nitro benzene ring substituents is 1. The van der Waals surface area contributed by atoms with Crippen molar-refractivity contribution in [3.8, 4) is 5.75 Å². The van der Waals surface area contributed by atoms with Crippen LogP contribution in [-0.4, -0.2) is 78.0 Å². The molecule has 2 heterocycles. The summed E-state index contributed by atoms with van der Waals surface area (Å²) in [6, 6.07) is 9.85. The lowest BCUT2D eigenvalue weighted by Gasteiger charge is -2.31. The molecule has 0 radical (unpaired) electrons. The van der Waals surface area contributed by atoms with Crippen molar-refractivity contribution in [2.24, 2.45) is 0 Å². The first-order chi connectivity index (χ1) is 16.8. The number of methoxy groups -OCH3 is 1. The Morgan fingerprint density at radius 1 is 1.14 bits per heavy atom. The molecule has 184 valence electrons. The summed E-state index contributed by atoms with van der Waals surface area (Å²) in [4.78, 5) is 40.5. The van der Waals surface area contributed by atoms with E-state index in [1.54, 1.807) is 25.1 Å². The first kappa shape index (κ1) is 24.4. The Morgan fingerprint density at radius 3 is 2.43 bits per heavy atom. The van der Waals surface area contributed by atoms with E-state index in [0.29, 0.717) is 42.2 Å². The number of carbonyl (C=O) groups is 2. The van der Waals surface area contributed by atoms with Gasteiger partial charge in [-0.25, -0.2) is 0 Å². The third kappa shape index (κ3) is 4.89. The van der Waals surface area contributed by atoms with Crippen LogP contribution in [0.15, 0.2) is 48.0 Å². The first-order valence-corrected chi connectivity index (χ1v) is 11.3. The van der Waals surface area contributed by atoms with Crippen LogP contribution in [0.25, 0.3) is 5.76 Å². The number of ether oxygens (including phenoxy) is 2. The number of nitrogens with zero attached hydrogens (tertiary/aromatic N) is 3. The van der Waals surface area contributed by atoms with Gasteiger partial charge in [0, 0.05) is 43.9 Å². The molecule has 0 bridgehead atoms.